The van der Waals surface area contributed by atoms with Crippen molar-refractivity contribution in [1.29, 1.82) is 0 Å². The maximum absolute atomic E-state index is 13.2. The van der Waals surface area contributed by atoms with Crippen LogP contribution in [-0.4, -0.2) is 29.8 Å². The van der Waals surface area contributed by atoms with Crippen LogP contribution in [0.25, 0.3) is 0 Å². The number of hydrogen-bond donors (Lipinski definition) is 1. The molecule has 0 aromatic heterocycles. The van der Waals surface area contributed by atoms with Crippen LogP contribution in [-0.2, 0) is 16.0 Å². The number of benzene rings is 2. The summed E-state index contributed by atoms with van der Waals surface area (Å²) in [6, 6.07) is 12.6. The van der Waals surface area contributed by atoms with E-state index >= 15 is 0 Å². The van der Waals surface area contributed by atoms with Gasteiger partial charge >= 0.3 is 0 Å². The van der Waals surface area contributed by atoms with Crippen LogP contribution in [0.5, 0.6) is 0 Å². The van der Waals surface area contributed by atoms with E-state index in [9.17, 15) is 14.0 Å². The van der Waals surface area contributed by atoms with Crippen LogP contribution in [0.15, 0.2) is 42.5 Å². The lowest BCUT2D eigenvalue weighted by molar-refractivity contribution is -0.133. The minimum atomic E-state index is -0.306. The monoisotopic (exact) mass is 410 g/mol. The first-order valence-corrected chi connectivity index (χ1v) is 10.8. The Balaban J connectivity index is 1.44. The van der Waals surface area contributed by atoms with Crippen LogP contribution >= 0.6 is 0 Å². The molecule has 4 nitrogen and oxygen atoms in total. The second-order valence-electron chi connectivity index (χ2n) is 8.32. The lowest BCUT2D eigenvalue weighted by Gasteiger charge is -2.33. The molecule has 1 fully saturated rings. The first kappa shape index (κ1) is 22.0. The lowest BCUT2D eigenvalue weighted by atomic mass is 9.92. The average molecular weight is 411 g/mol. The number of carbonyl (C=O) groups is 2. The number of likely N-dealkylation sites (tertiary alicyclic amines) is 1. The molecule has 1 aliphatic rings. The fourth-order valence-corrected chi connectivity index (χ4v) is 4.13. The van der Waals surface area contributed by atoms with E-state index in [4.69, 9.17) is 0 Å². The second-order valence-corrected chi connectivity index (χ2v) is 8.32. The zero-order valence-corrected chi connectivity index (χ0v) is 17.9. The number of rotatable bonds is 7. The highest BCUT2D eigenvalue weighted by Crippen LogP contribution is 2.23. The van der Waals surface area contributed by atoms with Crippen LogP contribution in [0, 0.1) is 25.6 Å². The molecule has 2 aromatic rings. The Bertz CT molecular complexity index is 896. The van der Waals surface area contributed by atoms with Crippen LogP contribution in [0.1, 0.15) is 48.8 Å². The molecule has 2 amide bonds. The van der Waals surface area contributed by atoms with Crippen molar-refractivity contribution in [3.63, 3.8) is 0 Å². The summed E-state index contributed by atoms with van der Waals surface area (Å²) in [4.78, 5) is 27.0. The van der Waals surface area contributed by atoms with Crippen molar-refractivity contribution in [2.24, 2.45) is 5.92 Å². The molecule has 3 rings (SSSR count). The minimum Gasteiger partial charge on any atom is -0.342 e. The summed E-state index contributed by atoms with van der Waals surface area (Å²) in [5.41, 5.74) is 3.82. The highest BCUT2D eigenvalue weighted by atomic mass is 19.1. The molecule has 1 atom stereocenters. The standard InChI is InChI=1S/C25H31FN2O2/c1-18-6-3-4-8-21(18)10-14-25(30)28-15-5-7-20(17-28)9-13-24(29)27-23-12-11-22(26)16-19(23)2/h3-4,6,8,11-12,16,20H,5,7,9-10,13-15,17H2,1-2H3,(H,27,29). The molecule has 0 spiro atoms. The van der Waals surface area contributed by atoms with Crippen LogP contribution < -0.4 is 5.32 Å². The maximum Gasteiger partial charge on any atom is 0.224 e. The SMILES string of the molecule is Cc1ccccc1CCC(=O)N1CCCC(CCC(=O)Nc2ccc(F)cc2C)C1. The van der Waals surface area contributed by atoms with Gasteiger partial charge in [-0.15, -0.1) is 0 Å². The average Bonchev–Trinajstić information content (AvgIpc) is 2.74. The molecule has 1 unspecified atom stereocenters. The summed E-state index contributed by atoms with van der Waals surface area (Å²) >= 11 is 0. The number of carbonyl (C=O) groups excluding carboxylic acids is 2. The molecular weight excluding hydrogens is 379 g/mol. The number of piperidine rings is 1. The van der Waals surface area contributed by atoms with Crippen molar-refractivity contribution in [1.82, 2.24) is 4.90 Å². The summed E-state index contributed by atoms with van der Waals surface area (Å²) in [7, 11) is 0. The fourth-order valence-electron chi connectivity index (χ4n) is 4.13. The Hall–Kier alpha value is -2.69. The molecule has 1 heterocycles. The van der Waals surface area contributed by atoms with E-state index in [1.54, 1.807) is 13.0 Å². The lowest BCUT2D eigenvalue weighted by Crippen LogP contribution is -2.40. The highest BCUT2D eigenvalue weighted by molar-refractivity contribution is 5.91. The van der Waals surface area contributed by atoms with Crippen LogP contribution in [0.4, 0.5) is 10.1 Å². The van der Waals surface area contributed by atoms with E-state index < -0.39 is 0 Å². The van der Waals surface area contributed by atoms with Crippen molar-refractivity contribution in [2.75, 3.05) is 18.4 Å². The summed E-state index contributed by atoms with van der Waals surface area (Å²) in [6.07, 6.45) is 4.50. The molecule has 1 N–H and O–H groups in total. The molecule has 0 bridgehead atoms. The van der Waals surface area contributed by atoms with Gasteiger partial charge in [0.25, 0.3) is 0 Å². The van der Waals surface area contributed by atoms with Crippen LogP contribution in [0.2, 0.25) is 0 Å². The fraction of sp³-hybridized carbons (Fsp3) is 0.440. The third-order valence-corrected chi connectivity index (χ3v) is 5.98. The number of aryl methyl sites for hydroxylation is 3. The molecule has 1 saturated heterocycles. The first-order valence-electron chi connectivity index (χ1n) is 10.8. The summed E-state index contributed by atoms with van der Waals surface area (Å²) in [5, 5.41) is 2.87. The van der Waals surface area contributed by atoms with Gasteiger partial charge in [-0.05, 0) is 80.3 Å². The molecule has 0 radical (unpaired) electrons. The summed E-state index contributed by atoms with van der Waals surface area (Å²) in [5.74, 6) is 0.183. The molecule has 1 aliphatic heterocycles. The number of hydrogen-bond acceptors (Lipinski definition) is 2. The number of nitrogens with one attached hydrogen (secondary N) is 1. The molecule has 160 valence electrons. The predicted octanol–water partition coefficient (Wildman–Crippen LogP) is 5.03. The Labute approximate surface area is 178 Å². The second kappa shape index (κ2) is 10.4. The van der Waals surface area contributed by atoms with E-state index in [1.807, 2.05) is 17.0 Å². The van der Waals surface area contributed by atoms with E-state index in [1.165, 1.54) is 23.3 Å². The van der Waals surface area contributed by atoms with Crippen molar-refractivity contribution >= 4 is 17.5 Å². The van der Waals surface area contributed by atoms with Crippen molar-refractivity contribution in [2.45, 2.75) is 52.4 Å². The van der Waals surface area contributed by atoms with Gasteiger partial charge in [-0.1, -0.05) is 24.3 Å². The third kappa shape index (κ3) is 6.15. The number of amides is 2. The van der Waals surface area contributed by atoms with Crippen molar-refractivity contribution in [3.05, 3.63) is 65.0 Å². The predicted molar refractivity (Wildman–Crippen MR) is 118 cm³/mol. The number of anilines is 1. The topological polar surface area (TPSA) is 49.4 Å². The smallest absolute Gasteiger partial charge is 0.224 e. The first-order chi connectivity index (χ1) is 14.4. The third-order valence-electron chi connectivity index (χ3n) is 5.98. The minimum absolute atomic E-state index is 0.0623. The van der Waals surface area contributed by atoms with Gasteiger partial charge in [0.1, 0.15) is 5.82 Å². The van der Waals surface area contributed by atoms with Gasteiger partial charge in [0, 0.05) is 31.6 Å². The van der Waals surface area contributed by atoms with E-state index in [0.717, 1.165) is 38.8 Å². The Kier molecular flexibility index (Phi) is 7.61. The zero-order chi connectivity index (χ0) is 21.5. The van der Waals surface area contributed by atoms with Gasteiger partial charge in [-0.2, -0.15) is 0 Å². The molecule has 0 saturated carbocycles. The quantitative estimate of drug-likeness (QED) is 0.696. The summed E-state index contributed by atoms with van der Waals surface area (Å²) in [6.45, 7) is 5.40. The van der Waals surface area contributed by atoms with E-state index in [-0.39, 0.29) is 17.6 Å². The maximum atomic E-state index is 13.2. The molecule has 30 heavy (non-hydrogen) atoms. The molecule has 5 heteroatoms. The van der Waals surface area contributed by atoms with Gasteiger partial charge in [0.2, 0.25) is 11.8 Å². The Morgan fingerprint density at radius 2 is 1.90 bits per heavy atom. The van der Waals surface area contributed by atoms with E-state index in [0.29, 0.717) is 30.0 Å². The molecular formula is C25H31FN2O2. The van der Waals surface area contributed by atoms with Gasteiger partial charge in [0.15, 0.2) is 0 Å². The Morgan fingerprint density at radius 3 is 2.67 bits per heavy atom. The molecule has 2 aromatic carbocycles. The normalized spacial score (nSPS) is 16.4. The van der Waals surface area contributed by atoms with Gasteiger partial charge < -0.3 is 10.2 Å². The highest BCUT2D eigenvalue weighted by Gasteiger charge is 2.24. The van der Waals surface area contributed by atoms with Gasteiger partial charge in [0.05, 0.1) is 0 Å². The zero-order valence-electron chi connectivity index (χ0n) is 17.9. The molecule has 0 aliphatic carbocycles. The van der Waals surface area contributed by atoms with Crippen molar-refractivity contribution < 1.29 is 14.0 Å². The largest absolute Gasteiger partial charge is 0.342 e. The van der Waals surface area contributed by atoms with Crippen LogP contribution in [0.3, 0.4) is 0 Å². The van der Waals surface area contributed by atoms with Crippen molar-refractivity contribution in [3.8, 4) is 0 Å². The van der Waals surface area contributed by atoms with E-state index in [2.05, 4.69) is 24.4 Å². The van der Waals surface area contributed by atoms with Gasteiger partial charge in [-0.3, -0.25) is 9.59 Å². The van der Waals surface area contributed by atoms with Gasteiger partial charge in [-0.25, -0.2) is 4.39 Å². The number of halogens is 1. The summed E-state index contributed by atoms with van der Waals surface area (Å²) < 4.78 is 13.2. The Morgan fingerprint density at radius 1 is 1.10 bits per heavy atom. The number of nitrogens with zero attached hydrogens (tertiary/aromatic N) is 1.